The number of benzene rings is 1. The van der Waals surface area contributed by atoms with E-state index in [2.05, 4.69) is 33.2 Å². The Kier molecular flexibility index (Phi) is 3.75. The van der Waals surface area contributed by atoms with Crippen LogP contribution in [0.4, 0.5) is 5.13 Å². The topological polar surface area (TPSA) is 63.4 Å². The third-order valence-corrected chi connectivity index (χ3v) is 6.88. The number of hydrogen-bond donors (Lipinski definition) is 0. The summed E-state index contributed by atoms with van der Waals surface area (Å²) >= 11 is 3.27. The minimum Gasteiger partial charge on any atom is -0.346 e. The van der Waals surface area contributed by atoms with Crippen LogP contribution in [0.2, 0.25) is 0 Å². The Balaban J connectivity index is 1.47. The zero-order valence-corrected chi connectivity index (χ0v) is 15.9. The molecule has 0 amide bonds. The highest BCUT2D eigenvalue weighted by atomic mass is 32.1. The molecule has 0 N–H and O–H groups in total. The third kappa shape index (κ3) is 2.69. The molecule has 5 rings (SSSR count). The molecular formula is C18H17N5OS2. The molecule has 8 heteroatoms. The molecule has 1 saturated heterocycles. The number of nitrogens with zero attached hydrogens (tertiary/aromatic N) is 5. The number of aryl methyl sites for hydroxylation is 1. The monoisotopic (exact) mass is 383 g/mol. The van der Waals surface area contributed by atoms with Crippen molar-refractivity contribution in [2.24, 2.45) is 0 Å². The lowest BCUT2D eigenvalue weighted by atomic mass is 9.99. The molecule has 132 valence electrons. The van der Waals surface area contributed by atoms with Crippen molar-refractivity contribution in [1.29, 1.82) is 0 Å². The molecule has 0 aliphatic carbocycles. The van der Waals surface area contributed by atoms with Crippen molar-refractivity contribution in [2.45, 2.75) is 25.7 Å². The van der Waals surface area contributed by atoms with Gasteiger partial charge in [-0.25, -0.2) is 9.97 Å². The predicted molar refractivity (Wildman–Crippen MR) is 106 cm³/mol. The number of rotatable bonds is 2. The highest BCUT2D eigenvalue weighted by Crippen LogP contribution is 2.35. The van der Waals surface area contributed by atoms with E-state index in [0.29, 0.717) is 10.9 Å². The Morgan fingerprint density at radius 3 is 2.96 bits per heavy atom. The number of thiazole rings is 1. The van der Waals surface area contributed by atoms with Gasteiger partial charge in [0.25, 0.3) is 5.56 Å². The average molecular weight is 384 g/mol. The normalized spacial score (nSPS) is 18.0. The molecule has 0 spiro atoms. The van der Waals surface area contributed by atoms with Crippen molar-refractivity contribution >= 4 is 43.0 Å². The Labute approximate surface area is 157 Å². The first-order valence-electron chi connectivity index (χ1n) is 8.65. The second-order valence-corrected chi connectivity index (χ2v) is 8.62. The van der Waals surface area contributed by atoms with Crippen molar-refractivity contribution in [3.05, 3.63) is 51.4 Å². The van der Waals surface area contributed by atoms with Gasteiger partial charge in [-0.2, -0.15) is 4.52 Å². The van der Waals surface area contributed by atoms with E-state index in [9.17, 15) is 4.79 Å². The summed E-state index contributed by atoms with van der Waals surface area (Å²) < 4.78 is 2.65. The highest BCUT2D eigenvalue weighted by molar-refractivity contribution is 7.20. The van der Waals surface area contributed by atoms with E-state index in [-0.39, 0.29) is 5.56 Å². The van der Waals surface area contributed by atoms with E-state index < -0.39 is 0 Å². The largest absolute Gasteiger partial charge is 0.346 e. The van der Waals surface area contributed by atoms with Gasteiger partial charge in [0.05, 0.1) is 15.2 Å². The lowest BCUT2D eigenvalue weighted by molar-refractivity contribution is 0.507. The molecule has 4 heterocycles. The van der Waals surface area contributed by atoms with Crippen molar-refractivity contribution in [1.82, 2.24) is 19.6 Å². The summed E-state index contributed by atoms with van der Waals surface area (Å²) in [5.41, 5.74) is 1.70. The molecule has 0 radical (unpaired) electrons. The van der Waals surface area contributed by atoms with Gasteiger partial charge in [-0.3, -0.25) is 4.79 Å². The van der Waals surface area contributed by atoms with Crippen molar-refractivity contribution < 1.29 is 0 Å². The summed E-state index contributed by atoms with van der Waals surface area (Å²) in [5.74, 6) is 0.402. The van der Waals surface area contributed by atoms with Gasteiger partial charge in [0.1, 0.15) is 0 Å². The summed E-state index contributed by atoms with van der Waals surface area (Å²) in [6.07, 6.45) is 2.23. The number of fused-ring (bicyclic) bond motifs is 2. The molecule has 1 aromatic carbocycles. The highest BCUT2D eigenvalue weighted by Gasteiger charge is 2.26. The molecule has 3 aromatic heterocycles. The number of hydrogen-bond acceptors (Lipinski definition) is 7. The van der Waals surface area contributed by atoms with Crippen LogP contribution >= 0.6 is 22.7 Å². The fourth-order valence-corrected chi connectivity index (χ4v) is 5.54. The Morgan fingerprint density at radius 2 is 2.08 bits per heavy atom. The van der Waals surface area contributed by atoms with E-state index in [0.717, 1.165) is 42.3 Å². The van der Waals surface area contributed by atoms with Crippen LogP contribution in [0.1, 0.15) is 29.5 Å². The quantitative estimate of drug-likeness (QED) is 0.530. The summed E-state index contributed by atoms with van der Waals surface area (Å²) in [4.78, 5) is 24.3. The van der Waals surface area contributed by atoms with Crippen molar-refractivity contribution in [3.8, 4) is 0 Å². The van der Waals surface area contributed by atoms with E-state index >= 15 is 0 Å². The zero-order chi connectivity index (χ0) is 17.7. The van der Waals surface area contributed by atoms with Crippen LogP contribution in [0.25, 0.3) is 15.2 Å². The van der Waals surface area contributed by atoms with Crippen LogP contribution in [0, 0.1) is 6.92 Å². The number of anilines is 1. The first-order chi connectivity index (χ1) is 12.7. The van der Waals surface area contributed by atoms with Gasteiger partial charge in [-0.05, 0) is 31.9 Å². The van der Waals surface area contributed by atoms with Gasteiger partial charge >= 0.3 is 0 Å². The molecule has 0 bridgehead atoms. The Bertz CT molecular complexity index is 1130. The van der Waals surface area contributed by atoms with Crippen LogP contribution in [0.5, 0.6) is 0 Å². The number of piperidine rings is 1. The molecule has 0 saturated carbocycles. The van der Waals surface area contributed by atoms with Crippen LogP contribution < -0.4 is 10.5 Å². The van der Waals surface area contributed by atoms with Gasteiger partial charge in [0.15, 0.2) is 0 Å². The standard InChI is InChI=1S/C18H17N5OS2/c1-11-9-15(24)23-17(19-11)26-18(21-23)22-8-4-5-12(10-22)16-20-13-6-2-3-7-14(13)25-16/h2-3,6-7,9,12H,4-5,8,10H2,1H3/t12-/m1/s1. The number of para-hydroxylation sites is 1. The first-order valence-corrected chi connectivity index (χ1v) is 10.3. The molecule has 1 atom stereocenters. The average Bonchev–Trinajstić information content (AvgIpc) is 3.26. The molecule has 0 unspecified atom stereocenters. The smallest absolute Gasteiger partial charge is 0.275 e. The van der Waals surface area contributed by atoms with Crippen LogP contribution in [-0.4, -0.2) is 32.7 Å². The summed E-state index contributed by atoms with van der Waals surface area (Å²) in [5, 5.41) is 6.58. The fraction of sp³-hybridized carbons (Fsp3) is 0.333. The molecule has 1 fully saturated rings. The van der Waals surface area contributed by atoms with E-state index in [1.807, 2.05) is 13.0 Å². The maximum Gasteiger partial charge on any atom is 0.275 e. The Morgan fingerprint density at radius 1 is 1.19 bits per heavy atom. The second-order valence-electron chi connectivity index (χ2n) is 6.62. The fourth-order valence-electron chi connectivity index (χ4n) is 3.46. The van der Waals surface area contributed by atoms with Crippen molar-refractivity contribution in [2.75, 3.05) is 18.0 Å². The SMILES string of the molecule is Cc1cc(=O)n2nc(N3CCC[C@@H](c4nc5ccccc5s4)C3)sc2n1. The molecule has 26 heavy (non-hydrogen) atoms. The van der Waals surface area contributed by atoms with Gasteiger partial charge in [-0.1, -0.05) is 23.5 Å². The Hall–Kier alpha value is -2.32. The maximum absolute atomic E-state index is 12.1. The van der Waals surface area contributed by atoms with Crippen LogP contribution in [0.15, 0.2) is 35.1 Å². The zero-order valence-electron chi connectivity index (χ0n) is 14.3. The van der Waals surface area contributed by atoms with Gasteiger partial charge in [0, 0.05) is 30.8 Å². The van der Waals surface area contributed by atoms with E-state index in [4.69, 9.17) is 4.98 Å². The lowest BCUT2D eigenvalue weighted by Crippen LogP contribution is -2.34. The number of aromatic nitrogens is 4. The third-order valence-electron chi connectivity index (χ3n) is 4.71. The van der Waals surface area contributed by atoms with Gasteiger partial charge in [0.2, 0.25) is 10.1 Å². The minimum atomic E-state index is -0.116. The summed E-state index contributed by atoms with van der Waals surface area (Å²) in [6.45, 7) is 3.67. The van der Waals surface area contributed by atoms with Gasteiger partial charge < -0.3 is 4.90 Å². The van der Waals surface area contributed by atoms with Crippen LogP contribution in [0.3, 0.4) is 0 Å². The minimum absolute atomic E-state index is 0.116. The predicted octanol–water partition coefficient (Wildman–Crippen LogP) is 3.45. The summed E-state index contributed by atoms with van der Waals surface area (Å²) in [7, 11) is 0. The molecule has 1 aliphatic heterocycles. The van der Waals surface area contributed by atoms with Gasteiger partial charge in [-0.15, -0.1) is 16.4 Å². The summed E-state index contributed by atoms with van der Waals surface area (Å²) in [6, 6.07) is 9.82. The maximum atomic E-state index is 12.1. The lowest BCUT2D eigenvalue weighted by Gasteiger charge is -2.31. The van der Waals surface area contributed by atoms with Crippen molar-refractivity contribution in [3.63, 3.8) is 0 Å². The van der Waals surface area contributed by atoms with E-state index in [1.165, 1.54) is 31.6 Å². The van der Waals surface area contributed by atoms with E-state index in [1.54, 1.807) is 11.3 Å². The first kappa shape index (κ1) is 15.9. The molecular weight excluding hydrogens is 366 g/mol. The van der Waals surface area contributed by atoms with Crippen LogP contribution in [-0.2, 0) is 0 Å². The second kappa shape index (κ2) is 6.14. The molecule has 6 nitrogen and oxygen atoms in total. The molecule has 1 aliphatic rings. The molecule has 4 aromatic rings.